The van der Waals surface area contributed by atoms with Gasteiger partial charge in [-0.2, -0.15) is 4.98 Å². The van der Waals surface area contributed by atoms with Gasteiger partial charge in [0.2, 0.25) is 5.95 Å². The lowest BCUT2D eigenvalue weighted by Gasteiger charge is -2.11. The van der Waals surface area contributed by atoms with Gasteiger partial charge in [-0.3, -0.25) is 0 Å². The molecule has 0 aliphatic carbocycles. The molecule has 5 nitrogen and oxygen atoms in total. The van der Waals surface area contributed by atoms with Crippen molar-refractivity contribution < 1.29 is 0 Å². The molecule has 0 amide bonds. The normalized spacial score (nSPS) is 10.4. The molecule has 0 saturated carbocycles. The third kappa shape index (κ3) is 1.56. The molecule has 0 bridgehead atoms. The van der Waals surface area contributed by atoms with Crippen LogP contribution in [0.3, 0.4) is 0 Å². The first-order chi connectivity index (χ1) is 6.66. The molecular weight excluding hydrogens is 198 g/mol. The van der Waals surface area contributed by atoms with Crippen LogP contribution in [-0.2, 0) is 0 Å². The Balaban J connectivity index is 2.28. The summed E-state index contributed by atoms with van der Waals surface area (Å²) >= 11 is 1.70. The van der Waals surface area contributed by atoms with E-state index in [1.54, 1.807) is 11.3 Å². The van der Waals surface area contributed by atoms with Crippen LogP contribution >= 0.6 is 11.3 Å². The van der Waals surface area contributed by atoms with Crippen LogP contribution in [0.25, 0.3) is 0 Å². The Kier molecular flexibility index (Phi) is 2.12. The van der Waals surface area contributed by atoms with Crippen LogP contribution in [0.4, 0.5) is 17.6 Å². The van der Waals surface area contributed by atoms with Gasteiger partial charge in [-0.1, -0.05) is 0 Å². The van der Waals surface area contributed by atoms with Gasteiger partial charge < -0.3 is 10.6 Å². The fourth-order valence-corrected chi connectivity index (χ4v) is 1.86. The molecule has 3 N–H and O–H groups in total. The standard InChI is InChI=1S/C8H11N5S/c1-5-3-6(4-14-5)13(2)8-10-7(9)11-12-8/h3-4H,1-2H3,(H3,9,10,11,12). The molecular formula is C8H11N5S. The highest BCUT2D eigenvalue weighted by molar-refractivity contribution is 7.10. The first kappa shape index (κ1) is 9.01. The number of thiophene rings is 1. The highest BCUT2D eigenvalue weighted by Crippen LogP contribution is 2.25. The van der Waals surface area contributed by atoms with Crippen molar-refractivity contribution in [2.45, 2.75) is 6.92 Å². The number of H-pyrrole nitrogens is 1. The largest absolute Gasteiger partial charge is 0.368 e. The number of rotatable bonds is 2. The van der Waals surface area contributed by atoms with Gasteiger partial charge in [0.15, 0.2) is 0 Å². The smallest absolute Gasteiger partial charge is 0.250 e. The van der Waals surface area contributed by atoms with E-state index in [4.69, 9.17) is 5.73 Å². The van der Waals surface area contributed by atoms with E-state index in [1.165, 1.54) is 4.88 Å². The van der Waals surface area contributed by atoms with Gasteiger partial charge >= 0.3 is 0 Å². The lowest BCUT2D eigenvalue weighted by Crippen LogP contribution is -2.10. The van der Waals surface area contributed by atoms with Crippen LogP contribution in [0.1, 0.15) is 4.88 Å². The van der Waals surface area contributed by atoms with Crippen LogP contribution in [-0.4, -0.2) is 22.2 Å². The molecule has 0 aliphatic heterocycles. The Morgan fingerprint density at radius 2 is 2.36 bits per heavy atom. The van der Waals surface area contributed by atoms with Gasteiger partial charge in [-0.15, -0.1) is 16.4 Å². The minimum atomic E-state index is 0.332. The van der Waals surface area contributed by atoms with Gasteiger partial charge in [0.05, 0.1) is 5.69 Å². The van der Waals surface area contributed by atoms with Crippen molar-refractivity contribution >= 4 is 28.9 Å². The Labute approximate surface area is 85.6 Å². The van der Waals surface area contributed by atoms with Gasteiger partial charge in [0.1, 0.15) is 0 Å². The number of aromatic nitrogens is 3. The number of aryl methyl sites for hydroxylation is 1. The summed E-state index contributed by atoms with van der Waals surface area (Å²) in [7, 11) is 1.91. The predicted molar refractivity (Wildman–Crippen MR) is 57.9 cm³/mol. The zero-order valence-corrected chi connectivity index (χ0v) is 8.80. The average Bonchev–Trinajstić information content (AvgIpc) is 2.73. The van der Waals surface area contributed by atoms with Gasteiger partial charge in [0.25, 0.3) is 5.95 Å². The molecule has 0 aromatic carbocycles. The molecule has 0 aliphatic rings. The van der Waals surface area contributed by atoms with Crippen molar-refractivity contribution in [2.75, 3.05) is 17.7 Å². The molecule has 74 valence electrons. The highest BCUT2D eigenvalue weighted by Gasteiger charge is 2.09. The van der Waals surface area contributed by atoms with E-state index < -0.39 is 0 Å². The lowest BCUT2D eigenvalue weighted by molar-refractivity contribution is 1.04. The van der Waals surface area contributed by atoms with Crippen LogP contribution in [0.5, 0.6) is 0 Å². The van der Waals surface area contributed by atoms with Crippen molar-refractivity contribution in [1.29, 1.82) is 0 Å². The molecule has 14 heavy (non-hydrogen) atoms. The zero-order valence-electron chi connectivity index (χ0n) is 7.98. The molecule has 0 atom stereocenters. The van der Waals surface area contributed by atoms with Crippen molar-refractivity contribution in [3.8, 4) is 0 Å². The van der Waals surface area contributed by atoms with Crippen molar-refractivity contribution in [2.24, 2.45) is 0 Å². The Morgan fingerprint density at radius 3 is 2.86 bits per heavy atom. The summed E-state index contributed by atoms with van der Waals surface area (Å²) < 4.78 is 0. The summed E-state index contributed by atoms with van der Waals surface area (Å²) in [6, 6.07) is 2.08. The Morgan fingerprint density at radius 1 is 1.57 bits per heavy atom. The zero-order chi connectivity index (χ0) is 10.1. The summed E-state index contributed by atoms with van der Waals surface area (Å²) in [5.41, 5.74) is 6.52. The second-order valence-electron chi connectivity index (χ2n) is 3.00. The maximum atomic E-state index is 5.45. The second-order valence-corrected chi connectivity index (χ2v) is 4.11. The third-order valence-electron chi connectivity index (χ3n) is 1.89. The number of hydrogen-bond acceptors (Lipinski definition) is 5. The molecule has 0 radical (unpaired) electrons. The molecule has 2 aromatic heterocycles. The molecule has 2 heterocycles. The van der Waals surface area contributed by atoms with Gasteiger partial charge in [0, 0.05) is 17.3 Å². The first-order valence-corrected chi connectivity index (χ1v) is 5.01. The van der Waals surface area contributed by atoms with Crippen molar-refractivity contribution in [1.82, 2.24) is 15.2 Å². The number of nitrogens with one attached hydrogen (secondary N) is 1. The lowest BCUT2D eigenvalue weighted by atomic mass is 10.4. The SMILES string of the molecule is Cc1cc(N(C)c2n[nH]c(N)n2)cs1. The topological polar surface area (TPSA) is 70.8 Å². The van der Waals surface area contributed by atoms with Crippen molar-refractivity contribution in [3.05, 3.63) is 16.3 Å². The van der Waals surface area contributed by atoms with Crippen LogP contribution < -0.4 is 10.6 Å². The van der Waals surface area contributed by atoms with Crippen LogP contribution in [0.2, 0.25) is 0 Å². The Bertz CT molecular complexity index is 392. The number of nitrogens with zero attached hydrogens (tertiary/aromatic N) is 3. The van der Waals surface area contributed by atoms with E-state index in [0.29, 0.717) is 11.9 Å². The van der Waals surface area contributed by atoms with E-state index in [-0.39, 0.29) is 0 Å². The number of nitrogens with two attached hydrogens (primary N) is 1. The van der Waals surface area contributed by atoms with E-state index in [2.05, 4.69) is 33.6 Å². The maximum absolute atomic E-state index is 5.45. The number of aromatic amines is 1. The molecule has 2 rings (SSSR count). The van der Waals surface area contributed by atoms with E-state index in [9.17, 15) is 0 Å². The summed E-state index contributed by atoms with van der Waals surface area (Å²) in [5, 5.41) is 8.63. The van der Waals surface area contributed by atoms with Crippen molar-refractivity contribution in [3.63, 3.8) is 0 Å². The summed E-state index contributed by atoms with van der Waals surface area (Å²) in [6.45, 7) is 2.06. The minimum Gasteiger partial charge on any atom is -0.368 e. The summed E-state index contributed by atoms with van der Waals surface area (Å²) in [4.78, 5) is 7.18. The van der Waals surface area contributed by atoms with Gasteiger partial charge in [-0.05, 0) is 13.0 Å². The summed E-state index contributed by atoms with van der Waals surface area (Å²) in [5.74, 6) is 0.916. The fourth-order valence-electron chi connectivity index (χ4n) is 1.14. The molecule has 0 saturated heterocycles. The summed E-state index contributed by atoms with van der Waals surface area (Å²) in [6.07, 6.45) is 0. The molecule has 2 aromatic rings. The number of nitrogen functional groups attached to an aromatic ring is 1. The molecule has 6 heteroatoms. The molecule has 0 unspecified atom stereocenters. The monoisotopic (exact) mass is 209 g/mol. The van der Waals surface area contributed by atoms with Gasteiger partial charge in [-0.25, -0.2) is 5.10 Å². The fraction of sp³-hybridized carbons (Fsp3) is 0.250. The van der Waals surface area contributed by atoms with Crippen LogP contribution in [0.15, 0.2) is 11.4 Å². The molecule has 0 fully saturated rings. The second kappa shape index (κ2) is 3.30. The Hall–Kier alpha value is -1.56. The highest BCUT2D eigenvalue weighted by atomic mass is 32.1. The minimum absolute atomic E-state index is 0.332. The van der Waals surface area contributed by atoms with E-state index in [0.717, 1.165) is 5.69 Å². The predicted octanol–water partition coefficient (Wildman–Crippen LogP) is 1.52. The first-order valence-electron chi connectivity index (χ1n) is 4.13. The molecule has 0 spiro atoms. The third-order valence-corrected chi connectivity index (χ3v) is 2.74. The van der Waals surface area contributed by atoms with E-state index >= 15 is 0 Å². The number of anilines is 3. The quantitative estimate of drug-likeness (QED) is 0.786. The average molecular weight is 209 g/mol. The van der Waals surface area contributed by atoms with Crippen LogP contribution in [0, 0.1) is 6.92 Å². The maximum Gasteiger partial charge on any atom is 0.250 e. The van der Waals surface area contributed by atoms with E-state index in [1.807, 2.05) is 11.9 Å². The number of hydrogen-bond donors (Lipinski definition) is 2.